The van der Waals surface area contributed by atoms with Crippen LogP contribution in [0, 0.1) is 6.92 Å². The van der Waals surface area contributed by atoms with Gasteiger partial charge in [-0.3, -0.25) is 0 Å². The highest BCUT2D eigenvalue weighted by atomic mass is 16.5. The van der Waals surface area contributed by atoms with Crippen LogP contribution in [-0.4, -0.2) is 28.1 Å². The summed E-state index contributed by atoms with van der Waals surface area (Å²) < 4.78 is 7.77. The van der Waals surface area contributed by atoms with E-state index in [1.54, 1.807) is 0 Å². The Bertz CT molecular complexity index is 798. The van der Waals surface area contributed by atoms with E-state index in [0.717, 1.165) is 17.9 Å². The van der Waals surface area contributed by atoms with Crippen LogP contribution in [0.2, 0.25) is 0 Å². The normalized spacial score (nSPS) is 17.4. The molecule has 3 aromatic rings. The van der Waals surface area contributed by atoms with E-state index in [4.69, 9.17) is 4.74 Å². The lowest BCUT2D eigenvalue weighted by molar-refractivity contribution is 0.110. The highest BCUT2D eigenvalue weighted by Gasteiger charge is 2.29. The minimum absolute atomic E-state index is 0.169. The molecule has 0 saturated carbocycles. The summed E-state index contributed by atoms with van der Waals surface area (Å²) in [6, 6.07) is 18.8. The highest BCUT2D eigenvalue weighted by molar-refractivity contribution is 5.49. The Morgan fingerprint density at radius 3 is 2.67 bits per heavy atom. The molecule has 5 heteroatoms. The van der Waals surface area contributed by atoms with Gasteiger partial charge in [0, 0.05) is 12.2 Å². The van der Waals surface area contributed by atoms with Crippen LogP contribution in [-0.2, 0) is 11.3 Å². The molecule has 5 nitrogen and oxygen atoms in total. The van der Waals surface area contributed by atoms with Crippen LogP contribution in [0.3, 0.4) is 0 Å². The van der Waals surface area contributed by atoms with Crippen LogP contribution in [0.4, 0.5) is 5.69 Å². The lowest BCUT2D eigenvalue weighted by Gasteiger charge is -2.23. The van der Waals surface area contributed by atoms with Gasteiger partial charge in [-0.15, -0.1) is 5.10 Å². The molecule has 1 aromatic heterocycles. The van der Waals surface area contributed by atoms with Gasteiger partial charge in [0.1, 0.15) is 5.69 Å². The molecule has 1 atom stereocenters. The van der Waals surface area contributed by atoms with E-state index in [1.165, 1.54) is 11.1 Å². The fourth-order valence-corrected chi connectivity index (χ4v) is 2.99. The van der Waals surface area contributed by atoms with E-state index in [0.29, 0.717) is 13.2 Å². The first-order chi connectivity index (χ1) is 11.8. The number of benzene rings is 2. The van der Waals surface area contributed by atoms with E-state index < -0.39 is 0 Å². The molecule has 0 bridgehead atoms. The SMILES string of the molecule is Cc1ccc(N2CCOC2c2cn(Cc3ccccc3)nn2)cc1. The van der Waals surface area contributed by atoms with Gasteiger partial charge in [-0.25, -0.2) is 4.68 Å². The minimum atomic E-state index is -0.169. The Balaban J connectivity index is 1.53. The van der Waals surface area contributed by atoms with Crippen LogP contribution < -0.4 is 4.90 Å². The average molecular weight is 320 g/mol. The van der Waals surface area contributed by atoms with Gasteiger partial charge < -0.3 is 9.64 Å². The number of hydrogen-bond acceptors (Lipinski definition) is 4. The van der Waals surface area contributed by atoms with E-state index in [9.17, 15) is 0 Å². The predicted molar refractivity (Wildman–Crippen MR) is 92.8 cm³/mol. The largest absolute Gasteiger partial charge is 0.350 e. The maximum Gasteiger partial charge on any atom is 0.177 e. The Hall–Kier alpha value is -2.66. The van der Waals surface area contributed by atoms with Crippen molar-refractivity contribution < 1.29 is 4.74 Å². The average Bonchev–Trinajstić information content (AvgIpc) is 3.25. The summed E-state index contributed by atoms with van der Waals surface area (Å²) in [6.07, 6.45) is 1.81. The number of anilines is 1. The molecule has 24 heavy (non-hydrogen) atoms. The van der Waals surface area contributed by atoms with Crippen molar-refractivity contribution in [3.63, 3.8) is 0 Å². The van der Waals surface area contributed by atoms with Crippen molar-refractivity contribution in [2.45, 2.75) is 19.7 Å². The van der Waals surface area contributed by atoms with Gasteiger partial charge in [-0.05, 0) is 24.6 Å². The van der Waals surface area contributed by atoms with E-state index in [2.05, 4.69) is 58.5 Å². The number of aromatic nitrogens is 3. The van der Waals surface area contributed by atoms with Crippen LogP contribution in [0.5, 0.6) is 0 Å². The molecule has 1 aliphatic rings. The summed E-state index contributed by atoms with van der Waals surface area (Å²) in [4.78, 5) is 2.23. The van der Waals surface area contributed by atoms with Gasteiger partial charge in [0.2, 0.25) is 0 Å². The number of rotatable bonds is 4. The van der Waals surface area contributed by atoms with Crippen molar-refractivity contribution in [3.8, 4) is 0 Å². The third-order valence-corrected chi connectivity index (χ3v) is 4.25. The van der Waals surface area contributed by atoms with Crippen molar-refractivity contribution in [3.05, 3.63) is 77.6 Å². The molecule has 1 saturated heterocycles. The van der Waals surface area contributed by atoms with Crippen LogP contribution in [0.1, 0.15) is 23.0 Å². The topological polar surface area (TPSA) is 43.2 Å². The molecule has 0 spiro atoms. The molecule has 0 N–H and O–H groups in total. The van der Waals surface area contributed by atoms with Gasteiger partial charge in [0.25, 0.3) is 0 Å². The highest BCUT2D eigenvalue weighted by Crippen LogP contribution is 2.31. The number of aryl methyl sites for hydroxylation is 1. The van der Waals surface area contributed by atoms with E-state index in [-0.39, 0.29) is 6.23 Å². The molecule has 0 aliphatic carbocycles. The Morgan fingerprint density at radius 1 is 1.08 bits per heavy atom. The third-order valence-electron chi connectivity index (χ3n) is 4.25. The Labute approximate surface area is 141 Å². The predicted octanol–water partition coefficient (Wildman–Crippen LogP) is 3.17. The molecular formula is C19H20N4O. The zero-order chi connectivity index (χ0) is 16.4. The van der Waals surface area contributed by atoms with Crippen molar-refractivity contribution in [1.29, 1.82) is 0 Å². The smallest absolute Gasteiger partial charge is 0.177 e. The zero-order valence-electron chi connectivity index (χ0n) is 13.7. The van der Waals surface area contributed by atoms with Gasteiger partial charge in [0.05, 0.1) is 19.3 Å². The minimum Gasteiger partial charge on any atom is -0.350 e. The molecule has 122 valence electrons. The number of nitrogens with zero attached hydrogens (tertiary/aromatic N) is 4. The summed E-state index contributed by atoms with van der Waals surface area (Å²) >= 11 is 0. The Morgan fingerprint density at radius 2 is 1.88 bits per heavy atom. The van der Waals surface area contributed by atoms with Gasteiger partial charge in [0.15, 0.2) is 6.23 Å². The molecule has 0 radical (unpaired) electrons. The first kappa shape index (κ1) is 14.9. The second kappa shape index (κ2) is 6.45. The Kier molecular flexibility index (Phi) is 4.01. The monoisotopic (exact) mass is 320 g/mol. The number of hydrogen-bond donors (Lipinski definition) is 0. The number of ether oxygens (including phenoxy) is 1. The second-order valence-electron chi connectivity index (χ2n) is 6.08. The molecule has 2 aromatic carbocycles. The van der Waals surface area contributed by atoms with Gasteiger partial charge in [-0.2, -0.15) is 0 Å². The van der Waals surface area contributed by atoms with Crippen molar-refractivity contribution in [2.24, 2.45) is 0 Å². The van der Waals surface area contributed by atoms with E-state index >= 15 is 0 Å². The van der Waals surface area contributed by atoms with Crippen LogP contribution in [0.25, 0.3) is 0 Å². The molecule has 1 unspecified atom stereocenters. The van der Waals surface area contributed by atoms with Crippen molar-refractivity contribution in [1.82, 2.24) is 15.0 Å². The maximum atomic E-state index is 5.91. The molecule has 1 fully saturated rings. The van der Waals surface area contributed by atoms with Crippen LogP contribution >= 0.6 is 0 Å². The fourth-order valence-electron chi connectivity index (χ4n) is 2.99. The quantitative estimate of drug-likeness (QED) is 0.740. The molecule has 2 heterocycles. The lowest BCUT2D eigenvalue weighted by Crippen LogP contribution is -2.23. The summed E-state index contributed by atoms with van der Waals surface area (Å²) in [7, 11) is 0. The molecule has 0 amide bonds. The van der Waals surface area contributed by atoms with E-state index in [1.807, 2.05) is 29.1 Å². The fraction of sp³-hybridized carbons (Fsp3) is 0.263. The van der Waals surface area contributed by atoms with Gasteiger partial charge in [-0.1, -0.05) is 53.2 Å². The second-order valence-corrected chi connectivity index (χ2v) is 6.08. The molecule has 1 aliphatic heterocycles. The first-order valence-corrected chi connectivity index (χ1v) is 8.18. The first-order valence-electron chi connectivity index (χ1n) is 8.18. The van der Waals surface area contributed by atoms with Crippen molar-refractivity contribution >= 4 is 5.69 Å². The summed E-state index contributed by atoms with van der Waals surface area (Å²) in [6.45, 7) is 4.37. The van der Waals surface area contributed by atoms with Crippen molar-refractivity contribution in [2.75, 3.05) is 18.1 Å². The van der Waals surface area contributed by atoms with Gasteiger partial charge >= 0.3 is 0 Å². The zero-order valence-corrected chi connectivity index (χ0v) is 13.7. The summed E-state index contributed by atoms with van der Waals surface area (Å²) in [5.74, 6) is 0. The standard InChI is InChI=1S/C19H20N4O/c1-15-7-9-17(10-8-15)23-11-12-24-19(23)18-14-22(21-20-18)13-16-5-3-2-4-6-16/h2-10,14,19H,11-13H2,1H3. The maximum absolute atomic E-state index is 5.91. The molecular weight excluding hydrogens is 300 g/mol. The summed E-state index contributed by atoms with van der Waals surface area (Å²) in [5, 5.41) is 8.59. The summed E-state index contributed by atoms with van der Waals surface area (Å²) in [5.41, 5.74) is 4.46. The molecule has 4 rings (SSSR count). The lowest BCUT2D eigenvalue weighted by atomic mass is 10.2. The third kappa shape index (κ3) is 3.03. The van der Waals surface area contributed by atoms with Crippen LogP contribution in [0.15, 0.2) is 60.8 Å².